The van der Waals surface area contributed by atoms with Gasteiger partial charge in [0.05, 0.1) is 0 Å². The highest BCUT2D eigenvalue weighted by Crippen LogP contribution is 2.23. The number of nitrogens with zero attached hydrogens (tertiary/aromatic N) is 6. The van der Waals surface area contributed by atoms with E-state index in [1.807, 2.05) is 0 Å². The number of piperazine rings is 2. The van der Waals surface area contributed by atoms with Crippen molar-refractivity contribution in [3.8, 4) is 0 Å². The molecule has 3 heterocycles. The molecule has 2 aliphatic heterocycles. The van der Waals surface area contributed by atoms with Crippen molar-refractivity contribution in [3.63, 3.8) is 0 Å². The van der Waals surface area contributed by atoms with Crippen LogP contribution in [0.4, 0.5) is 11.6 Å². The van der Waals surface area contributed by atoms with E-state index < -0.39 is 0 Å². The summed E-state index contributed by atoms with van der Waals surface area (Å²) in [4.78, 5) is 19.1. The number of rotatable bonds is 4. The summed E-state index contributed by atoms with van der Waals surface area (Å²) < 4.78 is 0. The fourth-order valence-corrected chi connectivity index (χ4v) is 3.98. The van der Waals surface area contributed by atoms with Crippen LogP contribution >= 0.6 is 0 Å². The molecule has 0 spiro atoms. The van der Waals surface area contributed by atoms with Crippen molar-refractivity contribution in [2.24, 2.45) is 5.41 Å². The first-order chi connectivity index (χ1) is 13.1. The molecule has 1 aromatic heterocycles. The van der Waals surface area contributed by atoms with E-state index in [-0.39, 0.29) is 5.54 Å². The summed E-state index contributed by atoms with van der Waals surface area (Å²) in [7, 11) is 0. The van der Waals surface area contributed by atoms with Crippen LogP contribution in [0.25, 0.3) is 0 Å². The minimum Gasteiger partial charge on any atom is -0.354 e. The van der Waals surface area contributed by atoms with Crippen molar-refractivity contribution in [2.75, 3.05) is 68.7 Å². The summed E-state index contributed by atoms with van der Waals surface area (Å²) in [5.74, 6) is 2.16. The third-order valence-electron chi connectivity index (χ3n) is 6.06. The first kappa shape index (κ1) is 21.3. The van der Waals surface area contributed by atoms with Crippen LogP contribution in [0.5, 0.6) is 0 Å². The quantitative estimate of drug-likeness (QED) is 0.790. The highest BCUT2D eigenvalue weighted by molar-refractivity contribution is 5.50. The second-order valence-corrected chi connectivity index (χ2v) is 10.5. The first-order valence-electron chi connectivity index (χ1n) is 10.9. The van der Waals surface area contributed by atoms with E-state index in [1.54, 1.807) is 6.33 Å². The van der Waals surface area contributed by atoms with Crippen molar-refractivity contribution in [2.45, 2.75) is 53.5 Å². The second-order valence-electron chi connectivity index (χ2n) is 10.5. The van der Waals surface area contributed by atoms with Gasteiger partial charge in [-0.05, 0) is 39.2 Å². The summed E-state index contributed by atoms with van der Waals surface area (Å²) in [6, 6.07) is 2.19. The maximum absolute atomic E-state index is 4.58. The summed E-state index contributed by atoms with van der Waals surface area (Å²) in [6.07, 6.45) is 3.00. The molecule has 2 aliphatic rings. The third kappa shape index (κ3) is 5.80. The van der Waals surface area contributed by atoms with Crippen molar-refractivity contribution >= 4 is 11.6 Å². The predicted molar refractivity (Wildman–Crippen MR) is 118 cm³/mol. The molecule has 28 heavy (non-hydrogen) atoms. The Morgan fingerprint density at radius 3 is 1.71 bits per heavy atom. The van der Waals surface area contributed by atoms with Gasteiger partial charge >= 0.3 is 0 Å². The largest absolute Gasteiger partial charge is 0.354 e. The molecule has 0 amide bonds. The Balaban J connectivity index is 1.53. The summed E-state index contributed by atoms with van der Waals surface area (Å²) in [5.41, 5.74) is 0.658. The van der Waals surface area contributed by atoms with Gasteiger partial charge in [0.15, 0.2) is 0 Å². The fraction of sp³-hybridized carbons (Fsp3) is 0.818. The highest BCUT2D eigenvalue weighted by Gasteiger charge is 2.27. The van der Waals surface area contributed by atoms with E-state index in [4.69, 9.17) is 0 Å². The smallest absolute Gasteiger partial charge is 0.134 e. The van der Waals surface area contributed by atoms with Crippen LogP contribution in [0.15, 0.2) is 12.4 Å². The summed E-state index contributed by atoms with van der Waals surface area (Å²) in [5, 5.41) is 0. The standard InChI is InChI=1S/C22H40N6/c1-21(2,3)7-8-25-9-11-26(12-10-25)19-17-20(24-18-23-19)27-13-15-28(16-14-27)22(4,5)6/h17-18H,7-16H2,1-6H3. The summed E-state index contributed by atoms with van der Waals surface area (Å²) >= 11 is 0. The van der Waals surface area contributed by atoms with Crippen LogP contribution in [0.2, 0.25) is 0 Å². The Kier molecular flexibility index (Phi) is 6.50. The molecule has 0 saturated carbocycles. The molecule has 0 unspecified atom stereocenters. The van der Waals surface area contributed by atoms with E-state index >= 15 is 0 Å². The summed E-state index contributed by atoms with van der Waals surface area (Å²) in [6.45, 7) is 23.7. The Labute approximate surface area is 171 Å². The number of hydrogen-bond acceptors (Lipinski definition) is 6. The molecule has 0 radical (unpaired) electrons. The van der Waals surface area contributed by atoms with Crippen LogP contribution in [0, 0.1) is 5.41 Å². The minimum atomic E-state index is 0.246. The van der Waals surface area contributed by atoms with Gasteiger partial charge in [-0.2, -0.15) is 0 Å². The molecule has 2 fully saturated rings. The van der Waals surface area contributed by atoms with Crippen LogP contribution in [-0.4, -0.2) is 84.2 Å². The molecule has 6 nitrogen and oxygen atoms in total. The number of hydrogen-bond donors (Lipinski definition) is 0. The lowest BCUT2D eigenvalue weighted by atomic mass is 9.92. The lowest BCUT2D eigenvalue weighted by Gasteiger charge is -2.42. The van der Waals surface area contributed by atoms with Gasteiger partial charge < -0.3 is 9.80 Å². The zero-order valence-corrected chi connectivity index (χ0v) is 18.9. The normalized spacial score (nSPS) is 20.6. The predicted octanol–water partition coefficient (Wildman–Crippen LogP) is 2.96. The van der Waals surface area contributed by atoms with E-state index in [1.165, 1.54) is 13.0 Å². The van der Waals surface area contributed by atoms with Crippen LogP contribution in [-0.2, 0) is 0 Å². The van der Waals surface area contributed by atoms with E-state index in [0.717, 1.165) is 64.0 Å². The number of anilines is 2. The molecule has 2 saturated heterocycles. The molecule has 0 bridgehead atoms. The monoisotopic (exact) mass is 388 g/mol. The Morgan fingerprint density at radius 1 is 0.750 bits per heavy atom. The molecule has 6 heteroatoms. The van der Waals surface area contributed by atoms with Crippen LogP contribution in [0.1, 0.15) is 48.0 Å². The van der Waals surface area contributed by atoms with Gasteiger partial charge in [0.2, 0.25) is 0 Å². The lowest BCUT2D eigenvalue weighted by Crippen LogP contribution is -2.53. The van der Waals surface area contributed by atoms with Gasteiger partial charge in [-0.1, -0.05) is 20.8 Å². The lowest BCUT2D eigenvalue weighted by molar-refractivity contribution is 0.128. The van der Waals surface area contributed by atoms with E-state index in [0.29, 0.717) is 5.41 Å². The topological polar surface area (TPSA) is 38.7 Å². The highest BCUT2D eigenvalue weighted by atomic mass is 15.3. The number of aromatic nitrogens is 2. The van der Waals surface area contributed by atoms with Gasteiger partial charge in [-0.25, -0.2) is 9.97 Å². The van der Waals surface area contributed by atoms with Crippen molar-refractivity contribution in [3.05, 3.63) is 12.4 Å². The molecular formula is C22H40N6. The molecule has 1 aromatic rings. The van der Waals surface area contributed by atoms with Crippen molar-refractivity contribution < 1.29 is 0 Å². The molecule has 3 rings (SSSR count). The average Bonchev–Trinajstić information content (AvgIpc) is 2.66. The first-order valence-corrected chi connectivity index (χ1v) is 10.9. The molecular weight excluding hydrogens is 348 g/mol. The van der Waals surface area contributed by atoms with Gasteiger partial charge in [-0.3, -0.25) is 9.80 Å². The SMILES string of the molecule is CC(C)(C)CCN1CCN(c2cc(N3CCN(C(C)(C)C)CC3)ncn2)CC1. The fourth-order valence-electron chi connectivity index (χ4n) is 3.98. The maximum atomic E-state index is 4.58. The van der Waals surface area contributed by atoms with Gasteiger partial charge in [0, 0.05) is 64.0 Å². The third-order valence-corrected chi connectivity index (χ3v) is 6.06. The second kappa shape index (κ2) is 8.54. The van der Waals surface area contributed by atoms with Gasteiger partial charge in [0.1, 0.15) is 18.0 Å². The minimum absolute atomic E-state index is 0.246. The average molecular weight is 389 g/mol. The molecule has 0 atom stereocenters. The zero-order chi connectivity index (χ0) is 20.4. The Morgan fingerprint density at radius 2 is 1.25 bits per heavy atom. The van der Waals surface area contributed by atoms with Crippen LogP contribution < -0.4 is 9.80 Å². The Bertz CT molecular complexity index is 617. The van der Waals surface area contributed by atoms with Crippen LogP contribution in [0.3, 0.4) is 0 Å². The van der Waals surface area contributed by atoms with Crippen molar-refractivity contribution in [1.82, 2.24) is 19.8 Å². The van der Waals surface area contributed by atoms with Gasteiger partial charge in [0.25, 0.3) is 0 Å². The van der Waals surface area contributed by atoms with E-state index in [9.17, 15) is 0 Å². The molecule has 0 aliphatic carbocycles. The molecule has 0 aromatic carbocycles. The zero-order valence-electron chi connectivity index (χ0n) is 18.9. The van der Waals surface area contributed by atoms with E-state index in [2.05, 4.69) is 77.2 Å². The van der Waals surface area contributed by atoms with Gasteiger partial charge in [-0.15, -0.1) is 0 Å². The maximum Gasteiger partial charge on any atom is 0.134 e. The molecule has 158 valence electrons. The molecule has 0 N–H and O–H groups in total. The Hall–Kier alpha value is -1.40. The van der Waals surface area contributed by atoms with Crippen molar-refractivity contribution in [1.29, 1.82) is 0 Å².